The van der Waals surface area contributed by atoms with Gasteiger partial charge < -0.3 is 16.0 Å². The summed E-state index contributed by atoms with van der Waals surface area (Å²) in [7, 11) is 0. The molecule has 0 aromatic heterocycles. The Hall–Kier alpha value is -1.75. The average molecular weight is 309 g/mol. The van der Waals surface area contributed by atoms with Crippen LogP contribution in [0.25, 0.3) is 0 Å². The van der Waals surface area contributed by atoms with Crippen molar-refractivity contribution in [2.24, 2.45) is 4.99 Å². The van der Waals surface area contributed by atoms with Crippen molar-refractivity contribution in [2.75, 3.05) is 19.6 Å². The number of aliphatic imine (C=N–C) groups is 1. The van der Waals surface area contributed by atoms with Crippen LogP contribution in [0.3, 0.4) is 0 Å². The van der Waals surface area contributed by atoms with Gasteiger partial charge in [0.15, 0.2) is 5.96 Å². The fourth-order valence-corrected chi connectivity index (χ4v) is 2.04. The van der Waals surface area contributed by atoms with Gasteiger partial charge in [-0.2, -0.15) is 0 Å². The van der Waals surface area contributed by atoms with Crippen molar-refractivity contribution < 1.29 is 4.79 Å². The van der Waals surface area contributed by atoms with Gasteiger partial charge in [-0.25, -0.2) is 0 Å². The van der Waals surface area contributed by atoms with Crippen LogP contribution in [0.2, 0.25) is 5.02 Å². The minimum atomic E-state index is -0.170. The zero-order valence-corrected chi connectivity index (χ0v) is 12.9. The first-order chi connectivity index (χ1) is 10.2. The van der Waals surface area contributed by atoms with Crippen LogP contribution >= 0.6 is 11.6 Å². The molecule has 1 aromatic rings. The Labute approximate surface area is 130 Å². The van der Waals surface area contributed by atoms with Crippen molar-refractivity contribution in [3.05, 3.63) is 34.9 Å². The lowest BCUT2D eigenvalue weighted by atomic mass is 10.2. The first kappa shape index (κ1) is 15.6. The molecule has 5 nitrogen and oxygen atoms in total. The van der Waals surface area contributed by atoms with Gasteiger partial charge in [0, 0.05) is 19.1 Å². The Morgan fingerprint density at radius 3 is 2.76 bits per heavy atom. The van der Waals surface area contributed by atoms with Crippen molar-refractivity contribution in [1.29, 1.82) is 0 Å². The normalized spacial score (nSPS) is 14.7. The molecule has 114 valence electrons. The largest absolute Gasteiger partial charge is 0.357 e. The van der Waals surface area contributed by atoms with Crippen LogP contribution < -0.4 is 16.0 Å². The molecule has 2 rings (SSSR count). The van der Waals surface area contributed by atoms with Crippen LogP contribution in [-0.4, -0.2) is 37.5 Å². The van der Waals surface area contributed by atoms with Gasteiger partial charge in [0.25, 0.3) is 5.91 Å². The number of hydrogen-bond acceptors (Lipinski definition) is 2. The quantitative estimate of drug-likeness (QED) is 0.426. The van der Waals surface area contributed by atoms with Crippen molar-refractivity contribution in [3.8, 4) is 0 Å². The second kappa shape index (κ2) is 7.88. The first-order valence-electron chi connectivity index (χ1n) is 7.28. The van der Waals surface area contributed by atoms with E-state index >= 15 is 0 Å². The highest BCUT2D eigenvalue weighted by atomic mass is 35.5. The number of nitrogens with zero attached hydrogens (tertiary/aromatic N) is 1. The molecular weight excluding hydrogens is 288 g/mol. The maximum atomic E-state index is 11.9. The lowest BCUT2D eigenvalue weighted by Crippen LogP contribution is -2.39. The monoisotopic (exact) mass is 308 g/mol. The predicted molar refractivity (Wildman–Crippen MR) is 85.9 cm³/mol. The molecule has 0 aliphatic heterocycles. The van der Waals surface area contributed by atoms with Crippen LogP contribution in [0.5, 0.6) is 0 Å². The van der Waals surface area contributed by atoms with Crippen LogP contribution in [0.1, 0.15) is 30.1 Å². The molecule has 0 unspecified atom stereocenters. The number of guanidine groups is 1. The van der Waals surface area contributed by atoms with Gasteiger partial charge in [0.1, 0.15) is 0 Å². The second-order valence-electron chi connectivity index (χ2n) is 4.92. The molecule has 0 heterocycles. The molecule has 6 heteroatoms. The van der Waals surface area contributed by atoms with Gasteiger partial charge >= 0.3 is 0 Å². The lowest BCUT2D eigenvalue weighted by molar-refractivity contribution is 0.0955. The van der Waals surface area contributed by atoms with Gasteiger partial charge in [0.2, 0.25) is 0 Å². The molecule has 1 saturated carbocycles. The van der Waals surface area contributed by atoms with Crippen LogP contribution in [0.15, 0.2) is 29.3 Å². The summed E-state index contributed by atoms with van der Waals surface area (Å²) >= 11 is 5.98. The van der Waals surface area contributed by atoms with Crippen LogP contribution in [0, 0.1) is 0 Å². The van der Waals surface area contributed by atoms with Gasteiger partial charge in [-0.05, 0) is 31.9 Å². The number of carbonyl (C=O) groups is 1. The van der Waals surface area contributed by atoms with E-state index in [9.17, 15) is 4.79 Å². The molecule has 1 fully saturated rings. The Morgan fingerprint density at radius 1 is 1.33 bits per heavy atom. The number of nitrogens with one attached hydrogen (secondary N) is 3. The summed E-state index contributed by atoms with van der Waals surface area (Å²) in [6.45, 7) is 3.86. The van der Waals surface area contributed by atoms with E-state index in [2.05, 4.69) is 20.9 Å². The van der Waals surface area contributed by atoms with Gasteiger partial charge in [-0.3, -0.25) is 9.79 Å². The van der Waals surface area contributed by atoms with E-state index in [4.69, 9.17) is 11.6 Å². The fraction of sp³-hybridized carbons (Fsp3) is 0.467. The van der Waals surface area contributed by atoms with E-state index in [0.29, 0.717) is 29.7 Å². The number of amides is 1. The number of carbonyl (C=O) groups excluding carboxylic acids is 1. The molecule has 0 atom stereocenters. The first-order valence-corrected chi connectivity index (χ1v) is 7.66. The zero-order valence-electron chi connectivity index (χ0n) is 12.2. The summed E-state index contributed by atoms with van der Waals surface area (Å²) in [6.07, 6.45) is 2.40. The third-order valence-electron chi connectivity index (χ3n) is 3.05. The molecule has 21 heavy (non-hydrogen) atoms. The smallest absolute Gasteiger partial charge is 0.252 e. The number of halogens is 1. The molecule has 1 aromatic carbocycles. The number of rotatable bonds is 6. The summed E-state index contributed by atoms with van der Waals surface area (Å²) in [4.78, 5) is 16.4. The standard InChI is InChI=1S/C15H21ClN4O/c1-2-17-15(20-11-7-8-11)19-10-9-18-14(21)12-5-3-4-6-13(12)16/h3-6,11H,2,7-10H2,1H3,(H,18,21)(H2,17,19,20). The van der Waals surface area contributed by atoms with Crippen LogP contribution in [0.4, 0.5) is 0 Å². The zero-order chi connectivity index (χ0) is 15.1. The van der Waals surface area contributed by atoms with Crippen molar-refractivity contribution >= 4 is 23.5 Å². The Bertz CT molecular complexity index is 514. The highest BCUT2D eigenvalue weighted by Gasteiger charge is 2.21. The Morgan fingerprint density at radius 2 is 2.10 bits per heavy atom. The highest BCUT2D eigenvalue weighted by molar-refractivity contribution is 6.33. The topological polar surface area (TPSA) is 65.5 Å². The molecular formula is C15H21ClN4O. The van der Waals surface area contributed by atoms with Crippen molar-refractivity contribution in [3.63, 3.8) is 0 Å². The van der Waals surface area contributed by atoms with E-state index in [0.717, 1.165) is 12.5 Å². The third kappa shape index (κ3) is 5.27. The minimum absolute atomic E-state index is 0.170. The Balaban J connectivity index is 1.77. The SMILES string of the molecule is CCNC(=NCCNC(=O)c1ccccc1Cl)NC1CC1. The van der Waals surface area contributed by atoms with Crippen molar-refractivity contribution in [2.45, 2.75) is 25.8 Å². The lowest BCUT2D eigenvalue weighted by Gasteiger charge is -2.10. The molecule has 1 aliphatic rings. The summed E-state index contributed by atoms with van der Waals surface area (Å²) < 4.78 is 0. The third-order valence-corrected chi connectivity index (χ3v) is 3.38. The maximum absolute atomic E-state index is 11.9. The molecule has 1 aliphatic carbocycles. The summed E-state index contributed by atoms with van der Waals surface area (Å²) in [5.74, 6) is 0.642. The molecule has 0 spiro atoms. The molecule has 1 amide bonds. The van der Waals surface area contributed by atoms with E-state index in [1.165, 1.54) is 12.8 Å². The maximum Gasteiger partial charge on any atom is 0.252 e. The van der Waals surface area contributed by atoms with E-state index in [-0.39, 0.29) is 5.91 Å². The van der Waals surface area contributed by atoms with Gasteiger partial charge in [-0.15, -0.1) is 0 Å². The van der Waals surface area contributed by atoms with E-state index in [1.54, 1.807) is 24.3 Å². The average Bonchev–Trinajstić information content (AvgIpc) is 3.28. The van der Waals surface area contributed by atoms with Crippen molar-refractivity contribution in [1.82, 2.24) is 16.0 Å². The van der Waals surface area contributed by atoms with E-state index < -0.39 is 0 Å². The summed E-state index contributed by atoms with van der Waals surface area (Å²) in [6, 6.07) is 7.56. The van der Waals surface area contributed by atoms with Gasteiger partial charge in [0.05, 0.1) is 17.1 Å². The molecule has 0 bridgehead atoms. The van der Waals surface area contributed by atoms with E-state index in [1.807, 2.05) is 6.92 Å². The minimum Gasteiger partial charge on any atom is -0.357 e. The summed E-state index contributed by atoms with van der Waals surface area (Å²) in [5, 5.41) is 9.79. The number of benzene rings is 1. The number of hydrogen-bond donors (Lipinski definition) is 3. The molecule has 0 radical (unpaired) electrons. The molecule has 3 N–H and O–H groups in total. The van der Waals surface area contributed by atoms with Crippen LogP contribution in [-0.2, 0) is 0 Å². The Kier molecular flexibility index (Phi) is 5.87. The molecule has 0 saturated heterocycles. The highest BCUT2D eigenvalue weighted by Crippen LogP contribution is 2.18. The fourth-order valence-electron chi connectivity index (χ4n) is 1.82. The van der Waals surface area contributed by atoms with Gasteiger partial charge in [-0.1, -0.05) is 23.7 Å². The second-order valence-corrected chi connectivity index (χ2v) is 5.32. The predicted octanol–water partition coefficient (Wildman–Crippen LogP) is 1.79. The summed E-state index contributed by atoms with van der Waals surface area (Å²) in [5.41, 5.74) is 0.492.